The molecule has 1 heterocycles. The molecule has 0 radical (unpaired) electrons. The number of halogens is 6. The van der Waals surface area contributed by atoms with E-state index >= 15 is 0 Å². The highest BCUT2D eigenvalue weighted by Gasteiger charge is 2.59. The minimum Gasteiger partial charge on any atom is -0.371 e. The minimum absolute atomic E-state index is 0.0290. The molecule has 23 heavy (non-hydrogen) atoms. The Morgan fingerprint density at radius 3 is 2.13 bits per heavy atom. The van der Waals surface area contributed by atoms with Crippen LogP contribution in [0.5, 0.6) is 0 Å². The fraction of sp³-hybridized carbons (Fsp3) is 0.462. The van der Waals surface area contributed by atoms with Crippen LogP contribution in [0.15, 0.2) is 35.4 Å². The van der Waals surface area contributed by atoms with Crippen LogP contribution in [0.1, 0.15) is 0 Å². The number of benzene rings is 1. The van der Waals surface area contributed by atoms with E-state index in [2.05, 4.69) is 9.84 Å². The van der Waals surface area contributed by atoms with E-state index in [1.54, 1.807) is 6.07 Å². The Hall–Kier alpha value is -1.81. The maximum atomic E-state index is 13.1. The van der Waals surface area contributed by atoms with Gasteiger partial charge in [0.25, 0.3) is 0 Å². The predicted octanol–water partition coefficient (Wildman–Crippen LogP) is 2.94. The number of methoxy groups -OCH3 is 1. The van der Waals surface area contributed by atoms with Crippen LogP contribution in [0.2, 0.25) is 0 Å². The topological polar surface area (TPSA) is 45.1 Å². The summed E-state index contributed by atoms with van der Waals surface area (Å²) in [6.45, 7) is 0. The zero-order chi connectivity index (χ0) is 17.4. The van der Waals surface area contributed by atoms with Crippen molar-refractivity contribution >= 4 is 11.4 Å². The Bertz CT molecular complexity index is 572. The summed E-state index contributed by atoms with van der Waals surface area (Å²) in [6, 6.07) is 7.11. The second kappa shape index (κ2) is 6.00. The van der Waals surface area contributed by atoms with Gasteiger partial charge in [-0.2, -0.15) is 31.4 Å². The van der Waals surface area contributed by atoms with Crippen LogP contribution >= 0.6 is 0 Å². The van der Waals surface area contributed by atoms with Gasteiger partial charge in [-0.05, 0) is 12.1 Å². The smallest absolute Gasteiger partial charge is 0.371 e. The Kier molecular flexibility index (Phi) is 4.58. The van der Waals surface area contributed by atoms with Gasteiger partial charge in [0.1, 0.15) is 0 Å². The van der Waals surface area contributed by atoms with Gasteiger partial charge in [-0.15, -0.1) is 0 Å². The first-order valence-electron chi connectivity index (χ1n) is 6.35. The highest BCUT2D eigenvalue weighted by molar-refractivity contribution is 5.95. The van der Waals surface area contributed by atoms with E-state index in [0.29, 0.717) is 12.1 Å². The fourth-order valence-electron chi connectivity index (χ4n) is 2.36. The normalized spacial score (nSPS) is 23.8. The molecule has 2 rings (SSSR count). The van der Waals surface area contributed by atoms with E-state index in [4.69, 9.17) is 0 Å². The summed E-state index contributed by atoms with van der Waals surface area (Å²) in [5, 5.41) is 13.7. The lowest BCUT2D eigenvalue weighted by atomic mass is 9.94. The van der Waals surface area contributed by atoms with Crippen LogP contribution in [0, 0.1) is 5.92 Å². The number of nitrogens with zero attached hydrogens (tertiary/aromatic N) is 2. The molecule has 1 aromatic carbocycles. The van der Waals surface area contributed by atoms with E-state index in [9.17, 15) is 31.4 Å². The van der Waals surface area contributed by atoms with Crippen molar-refractivity contribution in [3.63, 3.8) is 0 Å². The van der Waals surface area contributed by atoms with Gasteiger partial charge in [0.15, 0.2) is 18.0 Å². The number of ether oxygens (including phenoxy) is 1. The largest absolute Gasteiger partial charge is 0.431 e. The standard InChI is InChI=1S/C13H12F6N2O2/c1-23-10(13(17,18)19)8-9(12(14,15)16)20-21(11(8)22)7-5-3-2-4-6-7/h2-6,8,10-11,22H,1H3. The zero-order valence-electron chi connectivity index (χ0n) is 11.6. The summed E-state index contributed by atoms with van der Waals surface area (Å²) in [5.41, 5.74) is -1.71. The summed E-state index contributed by atoms with van der Waals surface area (Å²) in [4.78, 5) is 0. The van der Waals surface area contributed by atoms with Crippen LogP contribution in [0.4, 0.5) is 32.0 Å². The van der Waals surface area contributed by atoms with Gasteiger partial charge in [0, 0.05) is 7.11 Å². The molecule has 0 saturated carbocycles. The third-order valence-corrected chi connectivity index (χ3v) is 3.32. The minimum atomic E-state index is -5.14. The molecule has 0 amide bonds. The van der Waals surface area contributed by atoms with Crippen LogP contribution in [0.25, 0.3) is 0 Å². The lowest BCUT2D eigenvalue weighted by Crippen LogP contribution is -2.50. The molecule has 1 aromatic rings. The lowest BCUT2D eigenvalue weighted by molar-refractivity contribution is -0.229. The molecule has 1 aliphatic rings. The quantitative estimate of drug-likeness (QED) is 0.859. The van der Waals surface area contributed by atoms with Crippen molar-refractivity contribution in [2.75, 3.05) is 12.1 Å². The molecule has 0 aromatic heterocycles. The number of anilines is 1. The lowest BCUT2D eigenvalue weighted by Gasteiger charge is -2.30. The first-order chi connectivity index (χ1) is 10.6. The van der Waals surface area contributed by atoms with Gasteiger partial charge in [-0.1, -0.05) is 18.2 Å². The molecule has 1 N–H and O–H groups in total. The van der Waals surface area contributed by atoms with Crippen molar-refractivity contribution in [3.8, 4) is 0 Å². The number of para-hydroxylation sites is 1. The molecule has 0 saturated heterocycles. The maximum Gasteiger partial charge on any atom is 0.431 e. The van der Waals surface area contributed by atoms with Crippen LogP contribution in [-0.2, 0) is 4.74 Å². The molecular formula is C13H12F6N2O2. The van der Waals surface area contributed by atoms with Gasteiger partial charge >= 0.3 is 12.4 Å². The molecule has 1 aliphatic heterocycles. The van der Waals surface area contributed by atoms with E-state index in [-0.39, 0.29) is 5.69 Å². The SMILES string of the molecule is COC(C1C(C(F)(F)F)=NN(c2ccccc2)C1O)C(F)(F)F. The first kappa shape index (κ1) is 17.5. The molecular weight excluding hydrogens is 330 g/mol. The van der Waals surface area contributed by atoms with Crippen molar-refractivity contribution in [1.82, 2.24) is 0 Å². The number of aliphatic hydroxyl groups is 1. The molecule has 3 unspecified atom stereocenters. The average Bonchev–Trinajstić information content (AvgIpc) is 2.77. The van der Waals surface area contributed by atoms with E-state index in [1.807, 2.05) is 0 Å². The van der Waals surface area contributed by atoms with Crippen LogP contribution < -0.4 is 5.01 Å². The number of alkyl halides is 6. The summed E-state index contributed by atoms with van der Waals surface area (Å²) in [6.07, 6.45) is -15.2. The van der Waals surface area contributed by atoms with Crippen molar-refractivity contribution in [2.45, 2.75) is 24.7 Å². The summed E-state index contributed by atoms with van der Waals surface area (Å²) >= 11 is 0. The Balaban J connectivity index is 2.48. The highest BCUT2D eigenvalue weighted by atomic mass is 19.4. The monoisotopic (exact) mass is 342 g/mol. The number of aliphatic hydroxyl groups excluding tert-OH is 1. The van der Waals surface area contributed by atoms with E-state index in [1.165, 1.54) is 24.3 Å². The molecule has 4 nitrogen and oxygen atoms in total. The molecule has 3 atom stereocenters. The zero-order valence-corrected chi connectivity index (χ0v) is 11.6. The average molecular weight is 342 g/mol. The number of hydrogen-bond acceptors (Lipinski definition) is 4. The van der Waals surface area contributed by atoms with E-state index in [0.717, 1.165) is 0 Å². The Morgan fingerprint density at radius 2 is 1.70 bits per heavy atom. The van der Waals surface area contributed by atoms with Crippen LogP contribution in [-0.4, -0.2) is 42.6 Å². The van der Waals surface area contributed by atoms with Crippen molar-refractivity contribution in [1.29, 1.82) is 0 Å². The molecule has 0 fully saturated rings. The molecule has 0 bridgehead atoms. The van der Waals surface area contributed by atoms with Crippen LogP contribution in [0.3, 0.4) is 0 Å². The second-order valence-electron chi connectivity index (χ2n) is 4.80. The summed E-state index contributed by atoms with van der Waals surface area (Å²) in [5.74, 6) is -2.42. The Labute approximate surface area is 127 Å². The van der Waals surface area contributed by atoms with Crippen molar-refractivity contribution in [3.05, 3.63) is 30.3 Å². The van der Waals surface area contributed by atoms with Gasteiger partial charge in [-0.3, -0.25) is 0 Å². The van der Waals surface area contributed by atoms with Gasteiger partial charge in [0.2, 0.25) is 0 Å². The number of rotatable bonds is 3. The van der Waals surface area contributed by atoms with Gasteiger partial charge in [-0.25, -0.2) is 5.01 Å². The van der Waals surface area contributed by atoms with E-state index < -0.39 is 36.3 Å². The third-order valence-electron chi connectivity index (χ3n) is 3.32. The van der Waals surface area contributed by atoms with Crippen molar-refractivity contribution in [2.24, 2.45) is 11.0 Å². The highest BCUT2D eigenvalue weighted by Crippen LogP contribution is 2.40. The third kappa shape index (κ3) is 3.42. The fourth-order valence-corrected chi connectivity index (χ4v) is 2.36. The van der Waals surface area contributed by atoms with Gasteiger partial charge < -0.3 is 9.84 Å². The molecule has 0 spiro atoms. The number of hydrazone groups is 1. The van der Waals surface area contributed by atoms with Gasteiger partial charge in [0.05, 0.1) is 11.6 Å². The summed E-state index contributed by atoms with van der Waals surface area (Å²) in [7, 11) is 0.629. The van der Waals surface area contributed by atoms with Crippen molar-refractivity contribution < 1.29 is 36.2 Å². The number of hydrogen-bond donors (Lipinski definition) is 1. The first-order valence-corrected chi connectivity index (χ1v) is 6.35. The second-order valence-corrected chi connectivity index (χ2v) is 4.80. The molecule has 0 aliphatic carbocycles. The molecule has 10 heteroatoms. The summed E-state index contributed by atoms with van der Waals surface area (Å²) < 4.78 is 82.3. The molecule has 128 valence electrons. The maximum absolute atomic E-state index is 13.1. The predicted molar refractivity (Wildman–Crippen MR) is 68.8 cm³/mol. The Morgan fingerprint density at radius 1 is 1.13 bits per heavy atom.